The zero-order valence-electron chi connectivity index (χ0n) is 9.73. The molecule has 1 atom stereocenters. The lowest BCUT2D eigenvalue weighted by molar-refractivity contribution is 0.335. The Kier molecular flexibility index (Phi) is 3.11. The van der Waals surface area contributed by atoms with Gasteiger partial charge in [0.25, 0.3) is 0 Å². The van der Waals surface area contributed by atoms with Crippen molar-refractivity contribution in [3.63, 3.8) is 0 Å². The number of rotatable bonds is 3. The Morgan fingerprint density at radius 3 is 2.62 bits per heavy atom. The zero-order valence-corrected chi connectivity index (χ0v) is 9.73. The molecule has 0 saturated heterocycles. The predicted octanol–water partition coefficient (Wildman–Crippen LogP) is 3.26. The summed E-state index contributed by atoms with van der Waals surface area (Å²) in [7, 11) is 0. The molecule has 2 rings (SSSR count). The van der Waals surface area contributed by atoms with Crippen molar-refractivity contribution in [2.45, 2.75) is 19.9 Å². The van der Waals surface area contributed by atoms with E-state index in [9.17, 15) is 0 Å². The quantitative estimate of drug-likeness (QED) is 0.853. The normalized spacial score (nSPS) is 12.7. The summed E-state index contributed by atoms with van der Waals surface area (Å²) in [6.07, 6.45) is 0. The molecule has 0 aromatic heterocycles. The lowest BCUT2D eigenvalue weighted by Gasteiger charge is -2.15. The monoisotopic (exact) mass is 215 g/mol. The molecule has 0 amide bonds. The number of hydrogen-bond acceptors (Lipinski definition) is 2. The molecule has 0 radical (unpaired) electrons. The maximum Gasteiger partial charge on any atom is 0.124 e. The molecular formula is C14H17NO. The van der Waals surface area contributed by atoms with Crippen molar-refractivity contribution < 1.29 is 4.74 Å². The predicted molar refractivity (Wildman–Crippen MR) is 67.7 cm³/mol. The topological polar surface area (TPSA) is 35.2 Å². The Balaban J connectivity index is 2.69. The molecule has 2 aromatic rings. The van der Waals surface area contributed by atoms with Crippen LogP contribution in [0.5, 0.6) is 5.75 Å². The van der Waals surface area contributed by atoms with Gasteiger partial charge < -0.3 is 10.5 Å². The van der Waals surface area contributed by atoms with Crippen molar-refractivity contribution in [2.75, 3.05) is 6.61 Å². The second-order valence-electron chi connectivity index (χ2n) is 3.92. The Morgan fingerprint density at radius 1 is 1.19 bits per heavy atom. The smallest absolute Gasteiger partial charge is 0.124 e. The van der Waals surface area contributed by atoms with Gasteiger partial charge >= 0.3 is 0 Å². The summed E-state index contributed by atoms with van der Waals surface area (Å²) >= 11 is 0. The molecule has 0 aliphatic heterocycles. The highest BCUT2D eigenvalue weighted by Gasteiger charge is 2.11. The first-order chi connectivity index (χ1) is 7.74. The summed E-state index contributed by atoms with van der Waals surface area (Å²) in [4.78, 5) is 0. The van der Waals surface area contributed by atoms with Crippen LogP contribution in [0.3, 0.4) is 0 Å². The van der Waals surface area contributed by atoms with Crippen LogP contribution in [0.1, 0.15) is 25.5 Å². The van der Waals surface area contributed by atoms with Crippen molar-refractivity contribution in [3.05, 3.63) is 42.0 Å². The van der Waals surface area contributed by atoms with Gasteiger partial charge in [0.2, 0.25) is 0 Å². The summed E-state index contributed by atoms with van der Waals surface area (Å²) in [5, 5.41) is 2.39. The van der Waals surface area contributed by atoms with Gasteiger partial charge in [0.15, 0.2) is 0 Å². The standard InChI is InChI=1S/C14H17NO/c1-3-16-13-9-8-11-6-4-5-7-12(11)14(13)10(2)15/h4-10H,3,15H2,1-2H3/t10-/m0/s1. The van der Waals surface area contributed by atoms with Gasteiger partial charge in [-0.2, -0.15) is 0 Å². The third-order valence-corrected chi connectivity index (χ3v) is 2.69. The summed E-state index contributed by atoms with van der Waals surface area (Å²) in [5.74, 6) is 0.899. The van der Waals surface area contributed by atoms with Crippen molar-refractivity contribution >= 4 is 10.8 Å². The van der Waals surface area contributed by atoms with Gasteiger partial charge in [0.05, 0.1) is 6.61 Å². The average molecular weight is 215 g/mol. The number of hydrogen-bond donors (Lipinski definition) is 1. The third kappa shape index (κ3) is 1.89. The maximum atomic E-state index is 6.03. The number of fused-ring (bicyclic) bond motifs is 1. The van der Waals surface area contributed by atoms with E-state index in [-0.39, 0.29) is 6.04 Å². The van der Waals surface area contributed by atoms with Crippen LogP contribution in [0.25, 0.3) is 10.8 Å². The second-order valence-corrected chi connectivity index (χ2v) is 3.92. The Morgan fingerprint density at radius 2 is 1.94 bits per heavy atom. The highest BCUT2D eigenvalue weighted by Crippen LogP contribution is 2.31. The van der Waals surface area contributed by atoms with Crippen molar-refractivity contribution in [1.82, 2.24) is 0 Å². The van der Waals surface area contributed by atoms with E-state index in [0.29, 0.717) is 6.61 Å². The molecule has 16 heavy (non-hydrogen) atoms. The number of benzene rings is 2. The molecule has 2 nitrogen and oxygen atoms in total. The summed E-state index contributed by atoms with van der Waals surface area (Å²) in [6.45, 7) is 4.64. The van der Waals surface area contributed by atoms with Gasteiger partial charge in [-0.15, -0.1) is 0 Å². The van der Waals surface area contributed by atoms with Gasteiger partial charge in [0, 0.05) is 11.6 Å². The second kappa shape index (κ2) is 4.54. The fraction of sp³-hybridized carbons (Fsp3) is 0.286. The van der Waals surface area contributed by atoms with E-state index in [1.165, 1.54) is 10.8 Å². The van der Waals surface area contributed by atoms with Gasteiger partial charge in [-0.1, -0.05) is 30.3 Å². The van der Waals surface area contributed by atoms with E-state index in [2.05, 4.69) is 18.2 Å². The van der Waals surface area contributed by atoms with Gasteiger partial charge in [-0.05, 0) is 30.7 Å². The van der Waals surface area contributed by atoms with E-state index in [0.717, 1.165) is 11.3 Å². The Labute approximate surface area is 96.0 Å². The van der Waals surface area contributed by atoms with E-state index < -0.39 is 0 Å². The van der Waals surface area contributed by atoms with Crippen LogP contribution in [0.4, 0.5) is 0 Å². The molecule has 0 aliphatic rings. The summed E-state index contributed by atoms with van der Waals surface area (Å²) in [6, 6.07) is 12.3. The minimum Gasteiger partial charge on any atom is -0.494 e. The van der Waals surface area contributed by atoms with Crippen LogP contribution >= 0.6 is 0 Å². The molecule has 0 saturated carbocycles. The highest BCUT2D eigenvalue weighted by atomic mass is 16.5. The molecule has 0 fully saturated rings. The first-order valence-electron chi connectivity index (χ1n) is 5.64. The van der Waals surface area contributed by atoms with Crippen LogP contribution in [0.15, 0.2) is 36.4 Å². The van der Waals surface area contributed by atoms with Crippen molar-refractivity contribution in [1.29, 1.82) is 0 Å². The lowest BCUT2D eigenvalue weighted by atomic mass is 9.99. The van der Waals surface area contributed by atoms with Gasteiger partial charge in [0.1, 0.15) is 5.75 Å². The highest BCUT2D eigenvalue weighted by molar-refractivity contribution is 5.88. The van der Waals surface area contributed by atoms with E-state index in [1.807, 2.05) is 32.0 Å². The molecule has 0 aliphatic carbocycles. The molecule has 84 valence electrons. The maximum absolute atomic E-state index is 6.03. The largest absolute Gasteiger partial charge is 0.494 e. The summed E-state index contributed by atoms with van der Waals surface area (Å²) < 4.78 is 5.63. The minimum absolute atomic E-state index is 0.0207. The van der Waals surface area contributed by atoms with Gasteiger partial charge in [-0.3, -0.25) is 0 Å². The van der Waals surface area contributed by atoms with E-state index >= 15 is 0 Å². The van der Waals surface area contributed by atoms with Crippen LogP contribution in [0, 0.1) is 0 Å². The van der Waals surface area contributed by atoms with Crippen molar-refractivity contribution in [3.8, 4) is 5.75 Å². The van der Waals surface area contributed by atoms with Gasteiger partial charge in [-0.25, -0.2) is 0 Å². The number of ether oxygens (including phenoxy) is 1. The van der Waals surface area contributed by atoms with Crippen LogP contribution in [-0.4, -0.2) is 6.61 Å². The van der Waals surface area contributed by atoms with Crippen LogP contribution in [0.2, 0.25) is 0 Å². The first-order valence-corrected chi connectivity index (χ1v) is 5.64. The molecule has 2 aromatic carbocycles. The molecule has 0 heterocycles. The third-order valence-electron chi connectivity index (χ3n) is 2.69. The zero-order chi connectivity index (χ0) is 11.5. The minimum atomic E-state index is -0.0207. The Bertz CT molecular complexity index is 491. The SMILES string of the molecule is CCOc1ccc2ccccc2c1[C@H](C)N. The first kappa shape index (κ1) is 11.0. The summed E-state index contributed by atoms with van der Waals surface area (Å²) in [5.41, 5.74) is 7.13. The Hall–Kier alpha value is -1.54. The molecule has 0 unspecified atom stereocenters. The molecular weight excluding hydrogens is 198 g/mol. The van der Waals surface area contributed by atoms with E-state index in [4.69, 9.17) is 10.5 Å². The molecule has 0 spiro atoms. The molecule has 2 N–H and O–H groups in total. The average Bonchev–Trinajstić information content (AvgIpc) is 2.28. The molecule has 0 bridgehead atoms. The lowest BCUT2D eigenvalue weighted by Crippen LogP contribution is -2.08. The van der Waals surface area contributed by atoms with Crippen molar-refractivity contribution in [2.24, 2.45) is 5.73 Å². The van der Waals surface area contributed by atoms with Crippen LogP contribution in [-0.2, 0) is 0 Å². The van der Waals surface area contributed by atoms with Crippen LogP contribution < -0.4 is 10.5 Å². The fourth-order valence-corrected chi connectivity index (χ4v) is 2.03. The fourth-order valence-electron chi connectivity index (χ4n) is 2.03. The number of nitrogens with two attached hydrogens (primary N) is 1. The van der Waals surface area contributed by atoms with E-state index in [1.54, 1.807) is 0 Å². The molecule has 2 heteroatoms.